The first kappa shape index (κ1) is 18.6. The molecule has 1 unspecified atom stereocenters. The van der Waals surface area contributed by atoms with Crippen molar-refractivity contribution in [3.63, 3.8) is 0 Å². The summed E-state index contributed by atoms with van der Waals surface area (Å²) in [6.07, 6.45) is 2.90. The Morgan fingerprint density at radius 3 is 2.38 bits per heavy atom. The van der Waals surface area contributed by atoms with Crippen LogP contribution in [0.1, 0.15) is 30.3 Å². The summed E-state index contributed by atoms with van der Waals surface area (Å²) in [4.78, 5) is 29.0. The summed E-state index contributed by atoms with van der Waals surface area (Å²) < 4.78 is 5.44. The quantitative estimate of drug-likeness (QED) is 0.602. The Labute approximate surface area is 167 Å². The van der Waals surface area contributed by atoms with E-state index >= 15 is 0 Å². The number of hydrogen-bond acceptors (Lipinski definition) is 6. The highest BCUT2D eigenvalue weighted by molar-refractivity contribution is 6.02. The summed E-state index contributed by atoms with van der Waals surface area (Å²) in [5.74, 6) is -0.0334. The minimum absolute atomic E-state index is 0.00404. The van der Waals surface area contributed by atoms with Gasteiger partial charge >= 0.3 is 0 Å². The molecule has 7 nitrogen and oxygen atoms in total. The van der Waals surface area contributed by atoms with Crippen LogP contribution in [0.25, 0.3) is 11.4 Å². The third-order valence-corrected chi connectivity index (χ3v) is 4.67. The molecule has 7 heteroatoms. The number of nitrogens with one attached hydrogen (secondary N) is 1. The molecule has 1 saturated carbocycles. The van der Waals surface area contributed by atoms with Crippen LogP contribution in [0.15, 0.2) is 77.0 Å². The van der Waals surface area contributed by atoms with Crippen LogP contribution < -0.4 is 11.1 Å². The van der Waals surface area contributed by atoms with E-state index in [1.807, 2.05) is 60.7 Å². The van der Waals surface area contributed by atoms with Crippen LogP contribution in [0.2, 0.25) is 0 Å². The molecule has 0 radical (unpaired) electrons. The summed E-state index contributed by atoms with van der Waals surface area (Å²) in [5.41, 5.74) is 7.27. The van der Waals surface area contributed by atoms with E-state index < -0.39 is 11.9 Å². The third kappa shape index (κ3) is 4.40. The van der Waals surface area contributed by atoms with Gasteiger partial charge in [-0.3, -0.25) is 9.59 Å². The first-order chi connectivity index (χ1) is 14.1. The summed E-state index contributed by atoms with van der Waals surface area (Å²) >= 11 is 0. The first-order valence-electron chi connectivity index (χ1n) is 9.37. The maximum atomic E-state index is 12.6. The monoisotopic (exact) mass is 388 g/mol. The van der Waals surface area contributed by atoms with Gasteiger partial charge in [-0.05, 0) is 18.4 Å². The van der Waals surface area contributed by atoms with Crippen molar-refractivity contribution in [2.45, 2.75) is 18.9 Å². The van der Waals surface area contributed by atoms with Crippen LogP contribution in [0.4, 0.5) is 0 Å². The molecule has 1 heterocycles. The number of nitrogens with zero attached hydrogens (tertiary/aromatic N) is 2. The van der Waals surface area contributed by atoms with E-state index in [0.717, 1.165) is 24.0 Å². The van der Waals surface area contributed by atoms with E-state index in [2.05, 4.69) is 15.5 Å². The second-order valence-corrected chi connectivity index (χ2v) is 6.92. The molecule has 0 aliphatic heterocycles. The molecular weight excluding hydrogens is 368 g/mol. The highest BCUT2D eigenvalue weighted by Gasteiger charge is 2.29. The number of allylic oxidation sites excluding steroid dienone is 1. The third-order valence-electron chi connectivity index (χ3n) is 4.67. The Bertz CT molecular complexity index is 1040. The van der Waals surface area contributed by atoms with Crippen LogP contribution in [-0.4, -0.2) is 21.8 Å². The van der Waals surface area contributed by atoms with Crippen molar-refractivity contribution in [2.24, 2.45) is 11.7 Å². The van der Waals surface area contributed by atoms with Crippen molar-refractivity contribution in [3.05, 3.63) is 83.9 Å². The Morgan fingerprint density at radius 1 is 1.07 bits per heavy atom. The van der Waals surface area contributed by atoms with Crippen molar-refractivity contribution in [1.82, 2.24) is 15.5 Å². The largest absolute Gasteiger partial charge is 0.394 e. The summed E-state index contributed by atoms with van der Waals surface area (Å²) in [5, 5.41) is 6.83. The van der Waals surface area contributed by atoms with Crippen LogP contribution in [0.5, 0.6) is 0 Å². The molecule has 3 aromatic rings. The lowest BCUT2D eigenvalue weighted by molar-refractivity contribution is -0.119. The molecule has 4 rings (SSSR count). The summed E-state index contributed by atoms with van der Waals surface area (Å²) in [6, 6.07) is 17.9. The number of ketones is 1. The topological polar surface area (TPSA) is 111 Å². The predicted octanol–water partition coefficient (Wildman–Crippen LogP) is 2.76. The molecule has 0 saturated heterocycles. The maximum absolute atomic E-state index is 12.6. The van der Waals surface area contributed by atoms with Gasteiger partial charge in [0.1, 0.15) is 11.7 Å². The number of hydrogen-bond donors (Lipinski definition) is 2. The minimum Gasteiger partial charge on any atom is -0.394 e. The van der Waals surface area contributed by atoms with E-state index in [1.165, 1.54) is 6.08 Å². The van der Waals surface area contributed by atoms with Crippen LogP contribution >= 0.6 is 0 Å². The molecule has 1 aliphatic rings. The summed E-state index contributed by atoms with van der Waals surface area (Å²) in [6.45, 7) is 0. The number of benzene rings is 2. The molecule has 1 aromatic heterocycles. The van der Waals surface area contributed by atoms with Gasteiger partial charge < -0.3 is 15.6 Å². The van der Waals surface area contributed by atoms with E-state index in [4.69, 9.17) is 10.3 Å². The van der Waals surface area contributed by atoms with Gasteiger partial charge in [-0.1, -0.05) is 65.8 Å². The van der Waals surface area contributed by atoms with Gasteiger partial charge in [-0.25, -0.2) is 0 Å². The zero-order valence-electron chi connectivity index (χ0n) is 15.6. The average molecular weight is 388 g/mol. The zero-order chi connectivity index (χ0) is 20.2. The first-order valence-corrected chi connectivity index (χ1v) is 9.37. The van der Waals surface area contributed by atoms with Gasteiger partial charge in [0.15, 0.2) is 5.78 Å². The molecule has 2 aromatic carbocycles. The molecule has 1 fully saturated rings. The molecule has 1 amide bonds. The molecule has 29 heavy (non-hydrogen) atoms. The van der Waals surface area contributed by atoms with E-state index in [9.17, 15) is 9.59 Å². The van der Waals surface area contributed by atoms with Gasteiger partial charge in [0.05, 0.1) is 0 Å². The fraction of sp³-hybridized carbons (Fsp3) is 0.182. The zero-order valence-corrected chi connectivity index (χ0v) is 15.6. The lowest BCUT2D eigenvalue weighted by Crippen LogP contribution is -2.33. The molecule has 1 atom stereocenters. The molecule has 0 spiro atoms. The lowest BCUT2D eigenvalue weighted by atomic mass is 10.1. The number of rotatable bonds is 7. The summed E-state index contributed by atoms with van der Waals surface area (Å²) in [7, 11) is 0. The SMILES string of the molecule is N/C(=C\C(=O)C1CC1)C(=O)NC(c1ccccc1)c1nc(-c2ccccc2)no1. The van der Waals surface area contributed by atoms with Crippen molar-refractivity contribution >= 4 is 11.7 Å². The Hall–Kier alpha value is -3.74. The molecular formula is C22H20N4O3. The molecule has 146 valence electrons. The second kappa shape index (κ2) is 8.10. The average Bonchev–Trinajstić information content (AvgIpc) is 3.50. The molecule has 1 aliphatic carbocycles. The highest BCUT2D eigenvalue weighted by atomic mass is 16.5. The molecule has 3 N–H and O–H groups in total. The van der Waals surface area contributed by atoms with Gasteiger partial charge in [0.25, 0.3) is 11.8 Å². The number of amides is 1. The standard InChI is InChI=1S/C22H20N4O3/c23-17(13-18(27)14-11-12-14)21(28)24-19(15-7-3-1-4-8-15)22-25-20(26-29-22)16-9-5-2-6-10-16/h1-10,13-14,19H,11-12,23H2,(H,24,28)/b17-13-. The molecule has 0 bridgehead atoms. The van der Waals surface area contributed by atoms with Crippen molar-refractivity contribution in [1.29, 1.82) is 0 Å². The van der Waals surface area contributed by atoms with E-state index in [-0.39, 0.29) is 23.3 Å². The van der Waals surface area contributed by atoms with Gasteiger partial charge in [-0.2, -0.15) is 4.98 Å². The normalized spacial score (nSPS) is 15.0. The fourth-order valence-electron chi connectivity index (χ4n) is 2.91. The van der Waals surface area contributed by atoms with Crippen LogP contribution in [-0.2, 0) is 9.59 Å². The number of nitrogens with two attached hydrogens (primary N) is 1. The number of carbonyl (C=O) groups excluding carboxylic acids is 2. The minimum atomic E-state index is -0.698. The van der Waals surface area contributed by atoms with Crippen LogP contribution in [0.3, 0.4) is 0 Å². The second-order valence-electron chi connectivity index (χ2n) is 6.92. The number of carbonyl (C=O) groups is 2. The van der Waals surface area contributed by atoms with Gasteiger partial charge in [0.2, 0.25) is 5.82 Å². The Morgan fingerprint density at radius 2 is 1.72 bits per heavy atom. The van der Waals surface area contributed by atoms with Crippen molar-refractivity contribution in [3.8, 4) is 11.4 Å². The van der Waals surface area contributed by atoms with Gasteiger partial charge in [-0.15, -0.1) is 0 Å². The lowest BCUT2D eigenvalue weighted by Gasteiger charge is -2.15. The predicted molar refractivity (Wildman–Crippen MR) is 106 cm³/mol. The Balaban J connectivity index is 1.60. The van der Waals surface area contributed by atoms with Gasteiger partial charge in [0, 0.05) is 17.6 Å². The van der Waals surface area contributed by atoms with Crippen LogP contribution in [0, 0.1) is 5.92 Å². The fourth-order valence-corrected chi connectivity index (χ4v) is 2.91. The highest BCUT2D eigenvalue weighted by Crippen LogP contribution is 2.30. The maximum Gasteiger partial charge on any atom is 0.268 e. The van der Waals surface area contributed by atoms with Crippen molar-refractivity contribution in [2.75, 3.05) is 0 Å². The Kier molecular flexibility index (Phi) is 5.20. The number of aromatic nitrogens is 2. The van der Waals surface area contributed by atoms with E-state index in [0.29, 0.717) is 5.82 Å². The smallest absolute Gasteiger partial charge is 0.268 e. The van der Waals surface area contributed by atoms with Crippen molar-refractivity contribution < 1.29 is 14.1 Å². The van der Waals surface area contributed by atoms with E-state index in [1.54, 1.807) is 0 Å².